The Morgan fingerprint density at radius 1 is 0.694 bits per heavy atom. The van der Waals surface area contributed by atoms with Crippen molar-refractivity contribution < 1.29 is 9.90 Å². The van der Waals surface area contributed by atoms with Crippen LogP contribution in [0.1, 0.15) is 4.88 Å². The van der Waals surface area contributed by atoms with Gasteiger partial charge < -0.3 is 14.8 Å². The van der Waals surface area contributed by atoms with Crippen LogP contribution in [0.25, 0.3) is 31.1 Å². The van der Waals surface area contributed by atoms with Crippen LogP contribution in [-0.4, -0.2) is 5.97 Å². The summed E-state index contributed by atoms with van der Waals surface area (Å²) in [6.45, 7) is 6.99. The summed E-state index contributed by atoms with van der Waals surface area (Å²) < 4.78 is 0. The van der Waals surface area contributed by atoms with E-state index in [4.69, 9.17) is 6.57 Å². The lowest BCUT2D eigenvalue weighted by Gasteiger charge is -2.25. The molecule has 0 saturated carbocycles. The van der Waals surface area contributed by atoms with Gasteiger partial charge in [0.1, 0.15) is 0 Å². The van der Waals surface area contributed by atoms with Crippen LogP contribution in [0.15, 0.2) is 115 Å². The van der Waals surface area contributed by atoms with Gasteiger partial charge in [0.2, 0.25) is 5.70 Å². The van der Waals surface area contributed by atoms with Gasteiger partial charge in [-0.1, -0.05) is 48.5 Å². The molecule has 2 heterocycles. The Morgan fingerprint density at radius 2 is 1.22 bits per heavy atom. The number of carbonyl (C=O) groups is 1. The quantitative estimate of drug-likeness (QED) is 0.169. The molecule has 174 valence electrons. The Bertz CT molecular complexity index is 1520. The lowest BCUT2D eigenvalue weighted by atomic mass is 10.1. The molecule has 0 aliphatic carbocycles. The molecule has 0 fully saturated rings. The Kier molecular flexibility index (Phi) is 6.76. The van der Waals surface area contributed by atoms with Gasteiger partial charge in [0.15, 0.2) is 0 Å². The van der Waals surface area contributed by atoms with E-state index >= 15 is 0 Å². The maximum atomic E-state index is 11.0. The minimum atomic E-state index is -1.46. The smallest absolute Gasteiger partial charge is 0.210 e. The van der Waals surface area contributed by atoms with E-state index in [2.05, 4.69) is 70.4 Å². The lowest BCUT2D eigenvalue weighted by Crippen LogP contribution is -2.22. The lowest BCUT2D eigenvalue weighted by molar-refractivity contribution is -0.298. The first-order valence-electron chi connectivity index (χ1n) is 11.1. The molecule has 2 aromatic heterocycles. The molecule has 0 unspecified atom stereocenters. The maximum Gasteiger partial charge on any atom is 0.210 e. The van der Waals surface area contributed by atoms with Crippen molar-refractivity contribution in [2.24, 2.45) is 0 Å². The molecule has 4 nitrogen and oxygen atoms in total. The van der Waals surface area contributed by atoms with Gasteiger partial charge in [-0.25, -0.2) is 4.85 Å². The summed E-state index contributed by atoms with van der Waals surface area (Å²) in [7, 11) is 0. The van der Waals surface area contributed by atoms with Crippen molar-refractivity contribution in [1.29, 1.82) is 0 Å². The molecule has 0 saturated heterocycles. The Hall–Kier alpha value is -4.44. The first kappa shape index (κ1) is 23.3. The molecule has 0 bridgehead atoms. The molecule has 0 radical (unpaired) electrons. The number of anilines is 3. The van der Waals surface area contributed by atoms with E-state index in [9.17, 15) is 9.90 Å². The molecule has 0 atom stereocenters. The SMILES string of the molecule is [C-]#[N+]/C(=C\c1ccc(-c2ccc(-c3ccc(N(c4ccccc4)c4ccccc4)cc3)s2)s1)C(=O)[O-]. The highest BCUT2D eigenvalue weighted by Gasteiger charge is 2.13. The van der Waals surface area contributed by atoms with Crippen LogP contribution >= 0.6 is 22.7 Å². The highest BCUT2D eigenvalue weighted by molar-refractivity contribution is 7.24. The molecule has 0 aliphatic heterocycles. The summed E-state index contributed by atoms with van der Waals surface area (Å²) in [6, 6.07) is 37.1. The average Bonchev–Trinajstić information content (AvgIpc) is 3.59. The van der Waals surface area contributed by atoms with Crippen LogP contribution in [0, 0.1) is 6.57 Å². The fraction of sp³-hybridized carbons (Fsp3) is 0. The summed E-state index contributed by atoms with van der Waals surface area (Å²) in [5.74, 6) is -1.46. The van der Waals surface area contributed by atoms with Gasteiger partial charge in [0.25, 0.3) is 0 Å². The summed E-state index contributed by atoms with van der Waals surface area (Å²) >= 11 is 3.13. The van der Waals surface area contributed by atoms with E-state index in [1.165, 1.54) is 17.4 Å². The van der Waals surface area contributed by atoms with Crippen LogP contribution in [0.5, 0.6) is 0 Å². The Balaban J connectivity index is 1.41. The Morgan fingerprint density at radius 3 is 1.81 bits per heavy atom. The predicted molar refractivity (Wildman–Crippen MR) is 147 cm³/mol. The second-order valence-electron chi connectivity index (χ2n) is 7.85. The summed E-state index contributed by atoms with van der Waals surface area (Å²) in [5, 5.41) is 11.0. The number of benzene rings is 3. The fourth-order valence-electron chi connectivity index (χ4n) is 3.84. The van der Waals surface area contributed by atoms with E-state index in [1.54, 1.807) is 11.3 Å². The zero-order chi connectivity index (χ0) is 24.9. The molecular formula is C30H19N2O2S2-. The maximum absolute atomic E-state index is 11.0. The van der Waals surface area contributed by atoms with Crippen LogP contribution in [-0.2, 0) is 4.79 Å². The van der Waals surface area contributed by atoms with Crippen LogP contribution in [0.2, 0.25) is 0 Å². The third-order valence-electron chi connectivity index (χ3n) is 5.52. The van der Waals surface area contributed by atoms with Crippen molar-refractivity contribution in [3.05, 3.63) is 131 Å². The van der Waals surface area contributed by atoms with Crippen molar-refractivity contribution in [3.8, 4) is 20.2 Å². The number of hydrogen-bond donors (Lipinski definition) is 0. The highest BCUT2D eigenvalue weighted by Crippen LogP contribution is 2.40. The zero-order valence-electron chi connectivity index (χ0n) is 19.0. The van der Waals surface area contributed by atoms with Crippen molar-refractivity contribution in [2.45, 2.75) is 0 Å². The number of aliphatic carboxylic acids is 1. The van der Waals surface area contributed by atoms with E-state index in [-0.39, 0.29) is 0 Å². The second-order valence-corrected chi connectivity index (χ2v) is 10.0. The van der Waals surface area contributed by atoms with Gasteiger partial charge in [0.05, 0.1) is 12.5 Å². The summed E-state index contributed by atoms with van der Waals surface area (Å²) in [5.41, 5.74) is 4.00. The average molecular weight is 504 g/mol. The fourth-order valence-corrected chi connectivity index (χ4v) is 5.88. The number of carbonyl (C=O) groups excluding carboxylic acids is 1. The van der Waals surface area contributed by atoms with E-state index in [1.807, 2.05) is 48.5 Å². The van der Waals surface area contributed by atoms with E-state index in [0.717, 1.165) is 37.3 Å². The van der Waals surface area contributed by atoms with Crippen molar-refractivity contribution >= 4 is 51.8 Å². The summed E-state index contributed by atoms with van der Waals surface area (Å²) in [6.07, 6.45) is 1.36. The van der Waals surface area contributed by atoms with Crippen LogP contribution in [0.4, 0.5) is 17.1 Å². The second kappa shape index (κ2) is 10.4. The molecule has 0 amide bonds. The minimum absolute atomic E-state index is 0.393. The molecular weight excluding hydrogens is 484 g/mol. The normalized spacial score (nSPS) is 11.1. The molecule has 0 spiro atoms. The largest absolute Gasteiger partial charge is 0.558 e. The molecule has 0 aliphatic rings. The molecule has 0 N–H and O–H groups in total. The minimum Gasteiger partial charge on any atom is -0.558 e. The van der Waals surface area contributed by atoms with Gasteiger partial charge in [-0.05, 0) is 72.3 Å². The molecule has 5 aromatic rings. The van der Waals surface area contributed by atoms with Gasteiger partial charge in [-0.3, -0.25) is 0 Å². The number of hydrogen-bond acceptors (Lipinski definition) is 5. The van der Waals surface area contributed by atoms with Crippen LogP contribution in [0.3, 0.4) is 0 Å². The van der Waals surface area contributed by atoms with Gasteiger partial charge in [0, 0.05) is 36.6 Å². The number of nitrogens with zero attached hydrogens (tertiary/aromatic N) is 2. The number of para-hydroxylation sites is 2. The molecule has 5 rings (SSSR count). The number of carboxylic acids is 1. The first-order valence-corrected chi connectivity index (χ1v) is 12.8. The molecule has 6 heteroatoms. The molecule has 36 heavy (non-hydrogen) atoms. The predicted octanol–water partition coefficient (Wildman–Crippen LogP) is 7.62. The number of rotatable bonds is 7. The third-order valence-corrected chi connectivity index (χ3v) is 7.89. The Labute approximate surface area is 217 Å². The van der Waals surface area contributed by atoms with Gasteiger partial charge in [-0.15, -0.1) is 22.7 Å². The topological polar surface area (TPSA) is 47.7 Å². The van der Waals surface area contributed by atoms with Crippen LogP contribution < -0.4 is 10.0 Å². The monoisotopic (exact) mass is 503 g/mol. The van der Waals surface area contributed by atoms with Gasteiger partial charge in [-0.2, -0.15) is 0 Å². The van der Waals surface area contributed by atoms with Crippen molar-refractivity contribution in [3.63, 3.8) is 0 Å². The zero-order valence-corrected chi connectivity index (χ0v) is 20.6. The number of thiophene rings is 2. The highest BCUT2D eigenvalue weighted by atomic mass is 32.1. The summed E-state index contributed by atoms with van der Waals surface area (Å²) in [4.78, 5) is 20.2. The number of carboxylic acid groups (broad SMARTS) is 1. The van der Waals surface area contributed by atoms with Crippen molar-refractivity contribution in [1.82, 2.24) is 0 Å². The molecule has 3 aromatic carbocycles. The standard InChI is InChI=1S/C30H20N2O2S2/c1-31-26(30(33)34)20-25-16-17-28(35-25)29-19-18-27(36-29)21-12-14-24(15-13-21)32(22-8-4-2-5-9-22)23-10-6-3-7-11-23/h2-20H,(H,33,34)/p-1/b26-20-. The van der Waals surface area contributed by atoms with Gasteiger partial charge >= 0.3 is 0 Å². The van der Waals surface area contributed by atoms with E-state index in [0.29, 0.717) is 4.88 Å². The van der Waals surface area contributed by atoms with Crippen molar-refractivity contribution in [2.75, 3.05) is 4.90 Å². The third kappa shape index (κ3) is 4.98. The first-order chi connectivity index (χ1) is 17.6. The van der Waals surface area contributed by atoms with E-state index < -0.39 is 11.7 Å².